The maximum Gasteiger partial charge on any atom is 0.339 e. The Hall–Kier alpha value is -4.55. The highest BCUT2D eigenvalue weighted by Crippen LogP contribution is 2.45. The maximum absolute atomic E-state index is 5.59. The lowest BCUT2D eigenvalue weighted by Gasteiger charge is -2.15. The average Bonchev–Trinajstić information content (AvgIpc) is 3.27. The van der Waals surface area contributed by atoms with Crippen LogP contribution in [0.25, 0.3) is 33.9 Å². The van der Waals surface area contributed by atoms with Crippen molar-refractivity contribution in [3.05, 3.63) is 125 Å². The van der Waals surface area contributed by atoms with Crippen molar-refractivity contribution in [2.24, 2.45) is 11.5 Å². The molecule has 6 rings (SSSR count). The van der Waals surface area contributed by atoms with Crippen LogP contribution in [0.15, 0.2) is 119 Å². The van der Waals surface area contributed by atoms with Gasteiger partial charge in [0, 0.05) is 41.8 Å². The van der Waals surface area contributed by atoms with Crippen molar-refractivity contribution in [3.63, 3.8) is 0 Å². The van der Waals surface area contributed by atoms with Crippen LogP contribution in [0, 0.1) is 0 Å². The molecule has 0 spiro atoms. The Bertz CT molecular complexity index is 1690. The Labute approximate surface area is 226 Å². The maximum atomic E-state index is 5.59. The molecule has 5 nitrogen and oxygen atoms in total. The van der Waals surface area contributed by atoms with Crippen LogP contribution in [-0.4, -0.2) is 13.0 Å². The number of guanidine groups is 1. The number of pyridine rings is 1. The topological polar surface area (TPSA) is 73.1 Å². The Morgan fingerprint density at radius 1 is 0.868 bits per heavy atom. The van der Waals surface area contributed by atoms with Gasteiger partial charge >= 0.3 is 5.96 Å². The second-order valence-electron chi connectivity index (χ2n) is 9.29. The zero-order chi connectivity index (χ0) is 26.1. The van der Waals surface area contributed by atoms with E-state index in [0.717, 1.165) is 28.0 Å². The van der Waals surface area contributed by atoms with Gasteiger partial charge < -0.3 is 4.90 Å². The van der Waals surface area contributed by atoms with Gasteiger partial charge in [-0.05, 0) is 47.5 Å². The minimum Gasteiger partial charge on any atom is -0.338 e. The summed E-state index contributed by atoms with van der Waals surface area (Å²) in [5.41, 5.74) is 19.2. The number of nitrogens with two attached hydrogens (primary N) is 2. The van der Waals surface area contributed by atoms with Gasteiger partial charge in [0.25, 0.3) is 0 Å². The number of fused-ring (bicyclic) bond motifs is 2. The van der Waals surface area contributed by atoms with E-state index in [4.69, 9.17) is 11.5 Å². The van der Waals surface area contributed by atoms with Gasteiger partial charge in [-0.15, -0.1) is 0 Å². The molecule has 6 heteroatoms. The van der Waals surface area contributed by atoms with Gasteiger partial charge in [0.15, 0.2) is 0 Å². The molecule has 0 unspecified atom stereocenters. The van der Waals surface area contributed by atoms with Crippen LogP contribution in [0.3, 0.4) is 0 Å². The van der Waals surface area contributed by atoms with E-state index in [1.165, 1.54) is 26.6 Å². The van der Waals surface area contributed by atoms with Gasteiger partial charge in [-0.1, -0.05) is 66.4 Å². The quantitative estimate of drug-likeness (QED) is 0.187. The molecule has 0 saturated heterocycles. The Morgan fingerprint density at radius 2 is 1.58 bits per heavy atom. The second kappa shape index (κ2) is 10.1. The van der Waals surface area contributed by atoms with E-state index >= 15 is 0 Å². The minimum absolute atomic E-state index is 0.222. The van der Waals surface area contributed by atoms with Crippen LogP contribution in [0.4, 0.5) is 5.69 Å². The molecule has 2 heterocycles. The van der Waals surface area contributed by atoms with Crippen molar-refractivity contribution in [2.75, 3.05) is 11.9 Å². The summed E-state index contributed by atoms with van der Waals surface area (Å²) in [5, 5.41) is 2.41. The van der Waals surface area contributed by atoms with E-state index in [0.29, 0.717) is 6.54 Å². The highest BCUT2D eigenvalue weighted by atomic mass is 32.2. The number of hydrogen-bond donors (Lipinski definition) is 3. The monoisotopic (exact) mass is 515 g/mol. The lowest BCUT2D eigenvalue weighted by atomic mass is 10.0. The fourth-order valence-electron chi connectivity index (χ4n) is 4.90. The molecule has 4 aromatic carbocycles. The molecule has 38 heavy (non-hydrogen) atoms. The van der Waals surface area contributed by atoms with E-state index in [2.05, 4.69) is 137 Å². The molecule has 0 bridgehead atoms. The fourth-order valence-corrected chi connectivity index (χ4v) is 6.00. The average molecular weight is 516 g/mol. The van der Waals surface area contributed by atoms with Gasteiger partial charge in [0.2, 0.25) is 16.9 Å². The third kappa shape index (κ3) is 4.51. The summed E-state index contributed by atoms with van der Waals surface area (Å²) < 4.78 is 2.34. The molecule has 0 aliphatic carbocycles. The van der Waals surface area contributed by atoms with Crippen molar-refractivity contribution in [1.29, 1.82) is 0 Å². The third-order valence-corrected chi connectivity index (χ3v) is 7.97. The predicted octanol–water partition coefficient (Wildman–Crippen LogP) is 4.18. The van der Waals surface area contributed by atoms with Crippen LogP contribution in [0.5, 0.6) is 0 Å². The summed E-state index contributed by atoms with van der Waals surface area (Å²) in [5.74, 6) is 0.222. The van der Waals surface area contributed by atoms with Crippen LogP contribution >= 0.6 is 11.8 Å². The molecule has 1 aliphatic heterocycles. The summed E-state index contributed by atoms with van der Waals surface area (Å²) in [6.07, 6.45) is 2.31. The van der Waals surface area contributed by atoms with Crippen LogP contribution in [0.1, 0.15) is 11.1 Å². The lowest BCUT2D eigenvalue weighted by molar-refractivity contribution is -0.555. The second-order valence-corrected chi connectivity index (χ2v) is 10.4. The Balaban J connectivity index is 1.55. The number of thioether (sulfide) groups is 1. The molecule has 0 amide bonds. The standard InChI is InChI=1S/C32H28N5S/c1-36-28-13-7-8-14-30(28)38-31(36)20-24-19-29(23-17-15-22(16-18-23)21-35-32(33)34)37(25-9-3-2-4-10-25)27-12-6-5-11-26(24)27/h2-20H,21H2,1H3,(H4,33,34,35)/q+1/p+1. The number of para-hydroxylation sites is 3. The first-order valence-electron chi connectivity index (χ1n) is 12.5. The van der Waals surface area contributed by atoms with E-state index in [-0.39, 0.29) is 5.96 Å². The summed E-state index contributed by atoms with van der Waals surface area (Å²) >= 11 is 1.81. The smallest absolute Gasteiger partial charge is 0.338 e. The van der Waals surface area contributed by atoms with Crippen molar-refractivity contribution in [2.45, 2.75) is 11.4 Å². The normalized spacial score (nSPS) is 13.6. The molecule has 186 valence electrons. The molecule has 0 atom stereocenters. The first-order valence-corrected chi connectivity index (χ1v) is 13.4. The number of nitrogens with zero attached hydrogens (tertiary/aromatic N) is 2. The largest absolute Gasteiger partial charge is 0.339 e. The number of nitrogens with one attached hydrogen (secondary N) is 1. The van der Waals surface area contributed by atoms with Crippen LogP contribution in [0.2, 0.25) is 0 Å². The van der Waals surface area contributed by atoms with Gasteiger partial charge in [-0.25, -0.2) is 0 Å². The van der Waals surface area contributed by atoms with Crippen molar-refractivity contribution in [3.8, 4) is 16.9 Å². The SMILES string of the molecule is CN1C(=Cc2cc(-c3ccc(C[NH+]=C(N)N)cc3)[n+](-c3ccccc3)c3ccccc23)Sc2ccccc21. The molecular weight excluding hydrogens is 486 g/mol. The zero-order valence-electron chi connectivity index (χ0n) is 21.1. The molecule has 0 radical (unpaired) electrons. The Kier molecular flexibility index (Phi) is 6.32. The number of hydrogen-bond acceptors (Lipinski definition) is 2. The van der Waals surface area contributed by atoms with Gasteiger partial charge in [0.05, 0.1) is 22.6 Å². The van der Waals surface area contributed by atoms with E-state index in [9.17, 15) is 0 Å². The number of rotatable bonds is 5. The minimum atomic E-state index is 0.222. The first-order chi connectivity index (χ1) is 18.6. The summed E-state index contributed by atoms with van der Waals surface area (Å²) in [6, 6.07) is 38.6. The number of benzene rings is 4. The highest BCUT2D eigenvalue weighted by Gasteiger charge is 2.25. The van der Waals surface area contributed by atoms with Crippen molar-refractivity contribution < 1.29 is 9.56 Å². The number of anilines is 1. The molecule has 5 N–H and O–H groups in total. The predicted molar refractivity (Wildman–Crippen MR) is 158 cm³/mol. The molecule has 0 fully saturated rings. The van der Waals surface area contributed by atoms with Crippen LogP contribution < -0.4 is 25.9 Å². The van der Waals surface area contributed by atoms with Crippen molar-refractivity contribution in [1.82, 2.24) is 0 Å². The van der Waals surface area contributed by atoms with Crippen molar-refractivity contribution >= 4 is 40.4 Å². The molecule has 1 aromatic heterocycles. The summed E-state index contributed by atoms with van der Waals surface area (Å²) in [7, 11) is 2.14. The highest BCUT2D eigenvalue weighted by molar-refractivity contribution is 8.03. The summed E-state index contributed by atoms with van der Waals surface area (Å²) in [6.45, 7) is 0.584. The molecule has 5 aromatic rings. The van der Waals surface area contributed by atoms with Gasteiger partial charge in [-0.3, -0.25) is 16.5 Å². The fraction of sp³-hybridized carbons (Fsp3) is 0.0625. The van der Waals surface area contributed by atoms with E-state index in [1.807, 2.05) is 11.8 Å². The first kappa shape index (κ1) is 23.8. The third-order valence-electron chi connectivity index (χ3n) is 6.80. The Morgan fingerprint density at radius 3 is 2.34 bits per heavy atom. The van der Waals surface area contributed by atoms with E-state index < -0.39 is 0 Å². The van der Waals surface area contributed by atoms with Gasteiger partial charge in [0.1, 0.15) is 0 Å². The molecular formula is C32H29N5S+2. The summed E-state index contributed by atoms with van der Waals surface area (Å²) in [4.78, 5) is 6.55. The zero-order valence-corrected chi connectivity index (χ0v) is 22.0. The van der Waals surface area contributed by atoms with E-state index in [1.54, 1.807) is 0 Å². The van der Waals surface area contributed by atoms with Crippen LogP contribution in [-0.2, 0) is 6.54 Å². The lowest BCUT2D eigenvalue weighted by Crippen LogP contribution is -2.76. The number of aromatic nitrogens is 1. The molecule has 1 aliphatic rings. The molecule has 0 saturated carbocycles. The van der Waals surface area contributed by atoms with Gasteiger partial charge in [-0.2, -0.15) is 4.57 Å².